The van der Waals surface area contributed by atoms with Crippen LogP contribution in [0.15, 0.2) is 59.4 Å². The summed E-state index contributed by atoms with van der Waals surface area (Å²) in [7, 11) is 0. The fraction of sp³-hybridized carbons (Fsp3) is 0.320. The SMILES string of the molecule is O=c1[nH]c2cc(CN3CC=C(c4ccccc4)CC3)ccc2c2c1CCCC2. The van der Waals surface area contributed by atoms with Crippen LogP contribution in [-0.2, 0) is 19.4 Å². The van der Waals surface area contributed by atoms with Gasteiger partial charge in [-0.25, -0.2) is 0 Å². The van der Waals surface area contributed by atoms with Crippen molar-refractivity contribution in [1.82, 2.24) is 9.88 Å². The van der Waals surface area contributed by atoms with Gasteiger partial charge in [0.15, 0.2) is 0 Å². The Hall–Kier alpha value is -2.65. The van der Waals surface area contributed by atoms with Gasteiger partial charge in [0.2, 0.25) is 0 Å². The third kappa shape index (κ3) is 3.31. The van der Waals surface area contributed by atoms with Gasteiger partial charge in [-0.15, -0.1) is 0 Å². The zero-order chi connectivity index (χ0) is 18.9. The zero-order valence-electron chi connectivity index (χ0n) is 16.2. The molecule has 1 aromatic heterocycles. The van der Waals surface area contributed by atoms with Gasteiger partial charge in [0, 0.05) is 36.1 Å². The van der Waals surface area contributed by atoms with E-state index in [0.717, 1.165) is 56.4 Å². The van der Waals surface area contributed by atoms with Gasteiger partial charge < -0.3 is 4.98 Å². The summed E-state index contributed by atoms with van der Waals surface area (Å²) in [6.07, 6.45) is 7.73. The highest BCUT2D eigenvalue weighted by Crippen LogP contribution is 2.27. The van der Waals surface area contributed by atoms with Crippen molar-refractivity contribution in [2.75, 3.05) is 13.1 Å². The van der Waals surface area contributed by atoms with Crippen LogP contribution in [0.25, 0.3) is 16.5 Å². The van der Waals surface area contributed by atoms with Crippen LogP contribution < -0.4 is 5.56 Å². The molecule has 28 heavy (non-hydrogen) atoms. The number of aromatic nitrogens is 1. The Bertz CT molecular complexity index is 1090. The number of hydrogen-bond donors (Lipinski definition) is 1. The van der Waals surface area contributed by atoms with Gasteiger partial charge >= 0.3 is 0 Å². The van der Waals surface area contributed by atoms with Crippen LogP contribution in [-0.4, -0.2) is 23.0 Å². The predicted octanol–water partition coefficient (Wildman–Crippen LogP) is 4.70. The second kappa shape index (κ2) is 7.40. The molecule has 0 saturated heterocycles. The number of pyridine rings is 1. The molecule has 5 rings (SSSR count). The summed E-state index contributed by atoms with van der Waals surface area (Å²) in [6, 6.07) is 17.3. The highest BCUT2D eigenvalue weighted by atomic mass is 16.1. The van der Waals surface area contributed by atoms with Crippen LogP contribution in [0.2, 0.25) is 0 Å². The van der Waals surface area contributed by atoms with Gasteiger partial charge in [-0.2, -0.15) is 0 Å². The molecule has 1 aliphatic carbocycles. The lowest BCUT2D eigenvalue weighted by Gasteiger charge is -2.26. The van der Waals surface area contributed by atoms with E-state index < -0.39 is 0 Å². The summed E-state index contributed by atoms with van der Waals surface area (Å²) in [5.74, 6) is 0. The van der Waals surface area contributed by atoms with Crippen molar-refractivity contribution in [3.8, 4) is 0 Å². The molecule has 0 spiro atoms. The number of benzene rings is 2. The van der Waals surface area contributed by atoms with Crippen molar-refractivity contribution in [3.63, 3.8) is 0 Å². The van der Waals surface area contributed by atoms with Crippen LogP contribution >= 0.6 is 0 Å². The van der Waals surface area contributed by atoms with Crippen molar-refractivity contribution in [2.24, 2.45) is 0 Å². The van der Waals surface area contributed by atoms with E-state index in [4.69, 9.17) is 0 Å². The van der Waals surface area contributed by atoms with E-state index in [0.29, 0.717) is 0 Å². The van der Waals surface area contributed by atoms with E-state index in [1.54, 1.807) is 0 Å². The van der Waals surface area contributed by atoms with Crippen molar-refractivity contribution in [1.29, 1.82) is 0 Å². The van der Waals surface area contributed by atoms with Crippen molar-refractivity contribution in [2.45, 2.75) is 38.6 Å². The molecule has 0 atom stereocenters. The molecule has 0 unspecified atom stereocenters. The number of H-pyrrole nitrogens is 1. The number of nitrogens with zero attached hydrogens (tertiary/aromatic N) is 1. The Morgan fingerprint density at radius 3 is 2.54 bits per heavy atom. The minimum atomic E-state index is 0.118. The molecular weight excluding hydrogens is 344 g/mol. The van der Waals surface area contributed by atoms with Gasteiger partial charge in [0.05, 0.1) is 0 Å². The van der Waals surface area contributed by atoms with E-state index in [-0.39, 0.29) is 5.56 Å². The van der Waals surface area contributed by atoms with Gasteiger partial charge in [-0.1, -0.05) is 48.5 Å². The highest BCUT2D eigenvalue weighted by Gasteiger charge is 2.17. The molecule has 2 aliphatic rings. The van der Waals surface area contributed by atoms with Gasteiger partial charge in [0.1, 0.15) is 0 Å². The lowest BCUT2D eigenvalue weighted by molar-refractivity contribution is 0.294. The van der Waals surface area contributed by atoms with Crippen LogP contribution in [0, 0.1) is 0 Å². The number of rotatable bonds is 3. The minimum Gasteiger partial charge on any atom is -0.322 e. The highest BCUT2D eigenvalue weighted by molar-refractivity contribution is 5.84. The maximum absolute atomic E-state index is 12.5. The number of fused-ring (bicyclic) bond motifs is 3. The summed E-state index contributed by atoms with van der Waals surface area (Å²) in [6.45, 7) is 2.97. The Labute approximate surface area is 165 Å². The lowest BCUT2D eigenvalue weighted by atomic mass is 9.89. The Balaban J connectivity index is 1.36. The van der Waals surface area contributed by atoms with E-state index >= 15 is 0 Å². The molecule has 2 aromatic carbocycles. The summed E-state index contributed by atoms with van der Waals surface area (Å²) in [5.41, 5.74) is 7.48. The topological polar surface area (TPSA) is 36.1 Å². The molecular formula is C25H26N2O. The third-order valence-corrected chi connectivity index (χ3v) is 6.24. The van der Waals surface area contributed by atoms with E-state index in [9.17, 15) is 4.79 Å². The standard InChI is InChI=1S/C25H26N2O/c28-25-23-9-5-4-8-21(23)22-11-10-18(16-24(22)26-25)17-27-14-12-20(13-15-27)19-6-2-1-3-7-19/h1-3,6-7,10-12,16H,4-5,8-9,13-15,17H2,(H,26,28). The van der Waals surface area contributed by atoms with Crippen LogP contribution in [0.4, 0.5) is 0 Å². The molecule has 3 aromatic rings. The largest absolute Gasteiger partial charge is 0.322 e. The first-order chi connectivity index (χ1) is 13.8. The van der Waals surface area contributed by atoms with E-state index in [1.165, 1.54) is 34.1 Å². The monoisotopic (exact) mass is 370 g/mol. The molecule has 1 aliphatic heterocycles. The fourth-order valence-corrected chi connectivity index (χ4v) is 4.73. The minimum absolute atomic E-state index is 0.118. The first-order valence-corrected chi connectivity index (χ1v) is 10.4. The molecule has 0 radical (unpaired) electrons. The number of aryl methyl sites for hydroxylation is 1. The number of aromatic amines is 1. The summed E-state index contributed by atoms with van der Waals surface area (Å²) < 4.78 is 0. The van der Waals surface area contributed by atoms with Gasteiger partial charge in [-0.05, 0) is 60.4 Å². The fourth-order valence-electron chi connectivity index (χ4n) is 4.73. The molecule has 3 heteroatoms. The predicted molar refractivity (Wildman–Crippen MR) is 116 cm³/mol. The zero-order valence-corrected chi connectivity index (χ0v) is 16.2. The second-order valence-corrected chi connectivity index (χ2v) is 8.08. The molecule has 0 amide bonds. The Kier molecular flexibility index (Phi) is 4.61. The van der Waals surface area contributed by atoms with Crippen molar-refractivity contribution < 1.29 is 0 Å². The normalized spacial score (nSPS) is 17.4. The second-order valence-electron chi connectivity index (χ2n) is 8.08. The van der Waals surface area contributed by atoms with Crippen LogP contribution in [0.5, 0.6) is 0 Å². The van der Waals surface area contributed by atoms with Gasteiger partial charge in [0.25, 0.3) is 5.56 Å². The summed E-state index contributed by atoms with van der Waals surface area (Å²) >= 11 is 0. The van der Waals surface area contributed by atoms with E-state index in [2.05, 4.69) is 64.5 Å². The van der Waals surface area contributed by atoms with E-state index in [1.807, 2.05) is 0 Å². The molecule has 142 valence electrons. The maximum atomic E-state index is 12.5. The molecule has 1 N–H and O–H groups in total. The smallest absolute Gasteiger partial charge is 0.251 e. The average molecular weight is 370 g/mol. The van der Waals surface area contributed by atoms with Gasteiger partial charge in [-0.3, -0.25) is 9.69 Å². The molecule has 3 nitrogen and oxygen atoms in total. The quantitative estimate of drug-likeness (QED) is 0.726. The molecule has 0 saturated carbocycles. The molecule has 0 fully saturated rings. The molecule has 0 bridgehead atoms. The average Bonchev–Trinajstić information content (AvgIpc) is 2.75. The summed E-state index contributed by atoms with van der Waals surface area (Å²) in [4.78, 5) is 18.1. The Morgan fingerprint density at radius 2 is 1.75 bits per heavy atom. The number of nitrogens with one attached hydrogen (secondary N) is 1. The first kappa shape index (κ1) is 17.4. The molecule has 2 heterocycles. The first-order valence-electron chi connectivity index (χ1n) is 10.4. The number of hydrogen-bond acceptors (Lipinski definition) is 2. The lowest BCUT2D eigenvalue weighted by Crippen LogP contribution is -2.28. The van der Waals surface area contributed by atoms with Crippen molar-refractivity contribution >= 4 is 16.5 Å². The van der Waals surface area contributed by atoms with Crippen molar-refractivity contribution in [3.05, 3.63) is 87.2 Å². The summed E-state index contributed by atoms with van der Waals surface area (Å²) in [5, 5.41) is 1.24. The Morgan fingerprint density at radius 1 is 0.929 bits per heavy atom. The maximum Gasteiger partial charge on any atom is 0.251 e. The van der Waals surface area contributed by atoms with Crippen LogP contribution in [0.1, 0.15) is 41.5 Å². The third-order valence-electron chi connectivity index (χ3n) is 6.24. The van der Waals surface area contributed by atoms with Crippen LogP contribution in [0.3, 0.4) is 0 Å².